The van der Waals surface area contributed by atoms with Gasteiger partial charge in [-0.25, -0.2) is 4.57 Å². The molecular weight excluding hydrogens is 282 g/mol. The molecule has 0 amide bonds. The number of rotatable bonds is 4. The third-order valence-corrected chi connectivity index (χ3v) is 3.37. The highest BCUT2D eigenvalue weighted by atomic mass is 31.2. The van der Waals surface area contributed by atoms with E-state index >= 15 is 0 Å². The van der Waals surface area contributed by atoms with E-state index in [1.165, 1.54) is 0 Å². The van der Waals surface area contributed by atoms with Gasteiger partial charge in [0, 0.05) is 0 Å². The molecule has 0 radical (unpaired) electrons. The molecule has 0 bridgehead atoms. The first kappa shape index (κ1) is 16.2. The van der Waals surface area contributed by atoms with Gasteiger partial charge in [0.05, 0.1) is 0 Å². The molecule has 6 heteroatoms. The van der Waals surface area contributed by atoms with E-state index in [0.29, 0.717) is 11.5 Å². The molecule has 2 aromatic rings. The molecule has 0 atom stereocenters. The number of aryl methyl sites for hydroxylation is 2. The van der Waals surface area contributed by atoms with Gasteiger partial charge in [-0.1, -0.05) is 35.4 Å². The molecule has 0 aliphatic rings. The molecule has 2 aromatic carbocycles. The van der Waals surface area contributed by atoms with E-state index in [1.807, 2.05) is 13.8 Å². The summed E-state index contributed by atoms with van der Waals surface area (Å²) in [6, 6.07) is 13.7. The molecule has 0 unspecified atom stereocenters. The highest BCUT2D eigenvalue weighted by molar-refractivity contribution is 7.48. The number of hydrogen-bond acceptors (Lipinski definition) is 3. The molecule has 108 valence electrons. The summed E-state index contributed by atoms with van der Waals surface area (Å²) in [5, 5.41) is 0. The van der Waals surface area contributed by atoms with Crippen molar-refractivity contribution in [1.82, 2.24) is 0 Å². The molecular formula is C14H16FO4P. The van der Waals surface area contributed by atoms with Gasteiger partial charge >= 0.3 is 7.82 Å². The monoisotopic (exact) mass is 298 g/mol. The standard InChI is InChI=1S/C14H15O4P.FH/c1-11-3-7-13(8-4-11)17-19(15,16)18-14-9-5-12(2)6-10-14;/h3-10H,1-2H3,(H,15,16);1H. The molecule has 4 nitrogen and oxygen atoms in total. The van der Waals surface area contributed by atoms with Crippen LogP contribution in [0.2, 0.25) is 0 Å². The predicted octanol–water partition coefficient (Wildman–Crippen LogP) is 4.01. The minimum absolute atomic E-state index is 0. The van der Waals surface area contributed by atoms with Gasteiger partial charge < -0.3 is 9.05 Å². The Bertz CT molecular complexity index is 544. The summed E-state index contributed by atoms with van der Waals surface area (Å²) in [5.41, 5.74) is 2.08. The SMILES string of the molecule is Cc1ccc(OP(=O)(O)Oc2ccc(C)cc2)cc1.F. The lowest BCUT2D eigenvalue weighted by atomic mass is 10.2. The van der Waals surface area contributed by atoms with Crippen molar-refractivity contribution in [3.8, 4) is 11.5 Å². The molecule has 0 saturated heterocycles. The summed E-state index contributed by atoms with van der Waals surface area (Å²) in [6.45, 7) is 3.84. The van der Waals surface area contributed by atoms with Gasteiger partial charge in [-0.2, -0.15) is 0 Å². The summed E-state index contributed by atoms with van der Waals surface area (Å²) in [6.07, 6.45) is 0. The van der Waals surface area contributed by atoms with Gasteiger partial charge in [0.15, 0.2) is 0 Å². The maximum atomic E-state index is 11.8. The molecule has 20 heavy (non-hydrogen) atoms. The molecule has 0 saturated carbocycles. The fourth-order valence-corrected chi connectivity index (χ4v) is 2.30. The maximum Gasteiger partial charge on any atom is 0.584 e. The van der Waals surface area contributed by atoms with Gasteiger partial charge in [-0.3, -0.25) is 9.60 Å². The first-order chi connectivity index (χ1) is 8.94. The van der Waals surface area contributed by atoms with Crippen molar-refractivity contribution in [3.05, 3.63) is 59.7 Å². The van der Waals surface area contributed by atoms with E-state index in [2.05, 4.69) is 0 Å². The van der Waals surface area contributed by atoms with Crippen LogP contribution < -0.4 is 9.05 Å². The Kier molecular flexibility index (Phi) is 5.31. The summed E-state index contributed by atoms with van der Waals surface area (Å²) in [4.78, 5) is 9.67. The van der Waals surface area contributed by atoms with Crippen LogP contribution in [0.3, 0.4) is 0 Å². The molecule has 0 heterocycles. The van der Waals surface area contributed by atoms with Crippen LogP contribution in [-0.4, -0.2) is 4.89 Å². The van der Waals surface area contributed by atoms with Crippen molar-refractivity contribution in [3.63, 3.8) is 0 Å². The lowest BCUT2D eigenvalue weighted by Crippen LogP contribution is -1.99. The molecule has 0 aliphatic carbocycles. The van der Waals surface area contributed by atoms with Crippen molar-refractivity contribution in [1.29, 1.82) is 0 Å². The van der Waals surface area contributed by atoms with E-state index in [9.17, 15) is 9.46 Å². The Morgan fingerprint density at radius 3 is 1.40 bits per heavy atom. The molecule has 0 aromatic heterocycles. The van der Waals surface area contributed by atoms with Crippen molar-refractivity contribution in [2.75, 3.05) is 0 Å². The Morgan fingerprint density at radius 2 is 1.10 bits per heavy atom. The van der Waals surface area contributed by atoms with Crippen LogP contribution in [0.25, 0.3) is 0 Å². The minimum Gasteiger partial charge on any atom is -0.395 e. The molecule has 0 aliphatic heterocycles. The van der Waals surface area contributed by atoms with Gasteiger partial charge in [0.2, 0.25) is 0 Å². The zero-order chi connectivity index (χ0) is 13.9. The number of hydrogen-bond donors (Lipinski definition) is 1. The smallest absolute Gasteiger partial charge is 0.395 e. The van der Waals surface area contributed by atoms with Crippen LogP contribution in [0.4, 0.5) is 4.70 Å². The fourth-order valence-electron chi connectivity index (χ4n) is 1.48. The van der Waals surface area contributed by atoms with Crippen LogP contribution >= 0.6 is 7.82 Å². The highest BCUT2D eigenvalue weighted by Crippen LogP contribution is 2.44. The first-order valence-corrected chi connectivity index (χ1v) is 7.29. The highest BCUT2D eigenvalue weighted by Gasteiger charge is 2.24. The Hall–Kier alpha value is -1.84. The third kappa shape index (κ3) is 4.68. The zero-order valence-electron chi connectivity index (χ0n) is 11.1. The summed E-state index contributed by atoms with van der Waals surface area (Å²) < 4.78 is 21.8. The lowest BCUT2D eigenvalue weighted by Gasteiger charge is -2.13. The Morgan fingerprint density at radius 1 is 0.800 bits per heavy atom. The first-order valence-electron chi connectivity index (χ1n) is 5.80. The second-order valence-corrected chi connectivity index (χ2v) is 5.58. The van der Waals surface area contributed by atoms with Gasteiger partial charge in [-0.05, 0) is 38.1 Å². The van der Waals surface area contributed by atoms with Gasteiger partial charge in [-0.15, -0.1) is 0 Å². The van der Waals surface area contributed by atoms with Crippen LogP contribution in [0.5, 0.6) is 11.5 Å². The van der Waals surface area contributed by atoms with Gasteiger partial charge in [0.25, 0.3) is 0 Å². The summed E-state index contributed by atoms with van der Waals surface area (Å²) in [5.74, 6) is 0.590. The second kappa shape index (κ2) is 6.55. The Labute approximate surface area is 117 Å². The molecule has 1 N–H and O–H groups in total. The minimum atomic E-state index is -4.17. The van der Waals surface area contributed by atoms with Crippen LogP contribution in [0.15, 0.2) is 48.5 Å². The topological polar surface area (TPSA) is 55.8 Å². The zero-order valence-corrected chi connectivity index (χ0v) is 12.0. The average Bonchev–Trinajstić information content (AvgIpc) is 2.34. The van der Waals surface area contributed by atoms with Gasteiger partial charge in [0.1, 0.15) is 11.5 Å². The molecule has 2 rings (SSSR count). The largest absolute Gasteiger partial charge is 0.584 e. The fraction of sp³-hybridized carbons (Fsp3) is 0.143. The van der Waals surface area contributed by atoms with E-state index in [0.717, 1.165) is 11.1 Å². The molecule has 0 spiro atoms. The third-order valence-electron chi connectivity index (χ3n) is 2.48. The van der Waals surface area contributed by atoms with Crippen molar-refractivity contribution in [2.24, 2.45) is 0 Å². The number of phosphoric ester groups is 1. The van der Waals surface area contributed by atoms with Crippen molar-refractivity contribution < 1.29 is 23.2 Å². The van der Waals surface area contributed by atoms with E-state index in [1.54, 1.807) is 48.5 Å². The van der Waals surface area contributed by atoms with Crippen LogP contribution in [0.1, 0.15) is 11.1 Å². The van der Waals surface area contributed by atoms with Crippen LogP contribution in [0, 0.1) is 13.8 Å². The second-order valence-electron chi connectivity index (χ2n) is 4.28. The average molecular weight is 298 g/mol. The summed E-state index contributed by atoms with van der Waals surface area (Å²) in [7, 11) is -4.17. The number of halogens is 1. The molecule has 0 fully saturated rings. The van der Waals surface area contributed by atoms with Crippen molar-refractivity contribution >= 4 is 7.82 Å². The lowest BCUT2D eigenvalue weighted by molar-refractivity contribution is 0.291. The number of phosphoric acid groups is 1. The van der Waals surface area contributed by atoms with E-state index in [-0.39, 0.29) is 4.70 Å². The normalized spacial score (nSPS) is 10.6. The quantitative estimate of drug-likeness (QED) is 0.866. The Balaban J connectivity index is 0.00000200. The van der Waals surface area contributed by atoms with E-state index < -0.39 is 7.82 Å². The summed E-state index contributed by atoms with van der Waals surface area (Å²) >= 11 is 0. The predicted molar refractivity (Wildman–Crippen MR) is 75.9 cm³/mol. The number of benzene rings is 2. The van der Waals surface area contributed by atoms with E-state index in [4.69, 9.17) is 9.05 Å². The van der Waals surface area contributed by atoms with Crippen molar-refractivity contribution in [2.45, 2.75) is 13.8 Å². The maximum absolute atomic E-state index is 11.8. The van der Waals surface area contributed by atoms with Crippen LogP contribution in [-0.2, 0) is 4.57 Å².